The molecule has 1 aromatic carbocycles. The van der Waals surface area contributed by atoms with Crippen molar-refractivity contribution in [1.29, 1.82) is 0 Å². The van der Waals surface area contributed by atoms with E-state index >= 15 is 0 Å². The van der Waals surface area contributed by atoms with Crippen LogP contribution < -0.4 is 0 Å². The van der Waals surface area contributed by atoms with Crippen molar-refractivity contribution >= 4 is 14.0 Å². The second kappa shape index (κ2) is 6.09. The van der Waals surface area contributed by atoms with E-state index in [1.165, 1.54) is 12.1 Å². The highest BCUT2D eigenvalue weighted by atomic mass is 28.3. The minimum absolute atomic E-state index is 0.124. The number of carbonyl (C=O) groups is 1. The number of hydrogen-bond acceptors (Lipinski definition) is 2. The summed E-state index contributed by atoms with van der Waals surface area (Å²) in [6, 6.07) is 7.58. The van der Waals surface area contributed by atoms with E-state index in [-0.39, 0.29) is 11.6 Å². The molecule has 0 N–H and O–H groups in total. The van der Waals surface area contributed by atoms with Crippen LogP contribution in [0.4, 0.5) is 13.2 Å². The van der Waals surface area contributed by atoms with Crippen LogP contribution in [0.15, 0.2) is 30.3 Å². The Morgan fingerprint density at radius 3 is 2.10 bits per heavy atom. The van der Waals surface area contributed by atoms with Gasteiger partial charge in [0.2, 0.25) is 0 Å². The van der Waals surface area contributed by atoms with Gasteiger partial charge in [0.05, 0.1) is 0 Å². The first kappa shape index (κ1) is 16.9. The third kappa shape index (κ3) is 4.18. The molecule has 0 aliphatic carbocycles. The van der Waals surface area contributed by atoms with Gasteiger partial charge < -0.3 is 4.57 Å². The van der Waals surface area contributed by atoms with Crippen LogP contribution in [-0.2, 0) is 0 Å². The lowest BCUT2D eigenvalue weighted by atomic mass is 9.99. The molecular formula is C14H20F3NOSi. The summed E-state index contributed by atoms with van der Waals surface area (Å²) < 4.78 is 41.5. The lowest BCUT2D eigenvalue weighted by Crippen LogP contribution is -2.48. The Balaban J connectivity index is 3.06. The number of hydrogen-bond donors (Lipinski definition) is 0. The summed E-state index contributed by atoms with van der Waals surface area (Å²) in [6.07, 6.45) is -4.51. The second-order valence-corrected chi connectivity index (χ2v) is 10.7. The van der Waals surface area contributed by atoms with Crippen LogP contribution in [0.2, 0.25) is 19.1 Å². The van der Waals surface area contributed by atoms with Gasteiger partial charge >= 0.3 is 6.18 Å². The molecule has 0 saturated heterocycles. The van der Waals surface area contributed by atoms with Crippen molar-refractivity contribution in [1.82, 2.24) is 4.57 Å². The Labute approximate surface area is 118 Å². The first-order valence-electron chi connectivity index (χ1n) is 6.39. The number of nitrogens with zero attached hydrogens (tertiary/aromatic N) is 1. The zero-order valence-corrected chi connectivity index (χ0v) is 13.2. The quantitative estimate of drug-likeness (QED) is 0.609. The molecule has 0 fully saturated rings. The number of benzene rings is 1. The van der Waals surface area contributed by atoms with Crippen molar-refractivity contribution in [2.24, 2.45) is 5.92 Å². The van der Waals surface area contributed by atoms with Gasteiger partial charge in [-0.3, -0.25) is 4.79 Å². The zero-order valence-electron chi connectivity index (χ0n) is 12.2. The third-order valence-electron chi connectivity index (χ3n) is 3.68. The standard InChI is InChI=1S/C14H20F3NOSi/c1-18(2)20(3,4)10-12(14(15,16)17)13(19)11-8-6-5-7-9-11/h5-9,12H,10H2,1-4H3. The van der Waals surface area contributed by atoms with Gasteiger partial charge in [-0.1, -0.05) is 43.4 Å². The van der Waals surface area contributed by atoms with Crippen molar-refractivity contribution in [3.05, 3.63) is 35.9 Å². The van der Waals surface area contributed by atoms with Gasteiger partial charge in [-0.25, -0.2) is 0 Å². The summed E-state index contributed by atoms with van der Waals surface area (Å²) in [5.74, 6) is -2.76. The summed E-state index contributed by atoms with van der Waals surface area (Å²) in [7, 11) is 1.28. The molecule has 1 atom stereocenters. The van der Waals surface area contributed by atoms with Crippen LogP contribution >= 0.6 is 0 Å². The van der Waals surface area contributed by atoms with Crippen LogP contribution in [-0.4, -0.2) is 38.9 Å². The van der Waals surface area contributed by atoms with Gasteiger partial charge in [0, 0.05) is 5.56 Å². The molecule has 0 heterocycles. The van der Waals surface area contributed by atoms with Gasteiger partial charge in [0.25, 0.3) is 0 Å². The minimum Gasteiger partial charge on any atom is -0.329 e. The van der Waals surface area contributed by atoms with Crippen molar-refractivity contribution in [3.63, 3.8) is 0 Å². The van der Waals surface area contributed by atoms with Crippen LogP contribution in [0.1, 0.15) is 10.4 Å². The number of rotatable bonds is 5. The molecule has 1 aromatic rings. The number of carbonyl (C=O) groups excluding carboxylic acids is 1. The molecule has 0 saturated carbocycles. The summed E-state index contributed by atoms with van der Waals surface area (Å²) in [5, 5.41) is 0. The molecule has 0 aliphatic heterocycles. The highest BCUT2D eigenvalue weighted by Crippen LogP contribution is 2.35. The highest BCUT2D eigenvalue weighted by Gasteiger charge is 2.48. The lowest BCUT2D eigenvalue weighted by Gasteiger charge is -2.34. The monoisotopic (exact) mass is 303 g/mol. The topological polar surface area (TPSA) is 20.3 Å². The fourth-order valence-corrected chi connectivity index (χ4v) is 3.62. The average Bonchev–Trinajstić information content (AvgIpc) is 2.35. The van der Waals surface area contributed by atoms with E-state index in [0.717, 1.165) is 0 Å². The molecule has 0 aliphatic rings. The largest absolute Gasteiger partial charge is 0.398 e. The predicted molar refractivity (Wildman–Crippen MR) is 76.3 cm³/mol. The van der Waals surface area contributed by atoms with Crippen molar-refractivity contribution in [2.45, 2.75) is 25.3 Å². The summed E-state index contributed by atoms with van der Waals surface area (Å²) >= 11 is 0. The molecule has 0 amide bonds. The van der Waals surface area contributed by atoms with E-state index in [9.17, 15) is 18.0 Å². The Bertz CT molecular complexity index is 457. The molecule has 112 valence electrons. The number of halogens is 3. The van der Waals surface area contributed by atoms with Gasteiger partial charge in [-0.2, -0.15) is 13.2 Å². The Hall–Kier alpha value is -1.14. The number of Topliss-reactive ketones (excluding diaryl/α,β-unsaturated/α-hetero) is 1. The molecular weight excluding hydrogens is 283 g/mol. The minimum atomic E-state index is -4.51. The number of alkyl halides is 3. The van der Waals surface area contributed by atoms with Gasteiger partial charge in [0.1, 0.15) is 14.2 Å². The maximum absolute atomic E-state index is 13.2. The van der Waals surface area contributed by atoms with Crippen LogP contribution in [0, 0.1) is 5.92 Å². The first-order chi connectivity index (χ1) is 9.05. The van der Waals surface area contributed by atoms with E-state index < -0.39 is 26.1 Å². The molecule has 6 heteroatoms. The molecule has 2 nitrogen and oxygen atoms in total. The van der Waals surface area contributed by atoms with E-state index in [1.807, 2.05) is 17.7 Å². The maximum atomic E-state index is 13.2. The highest BCUT2D eigenvalue weighted by molar-refractivity contribution is 6.74. The Kier molecular flexibility index (Phi) is 5.15. The molecule has 1 unspecified atom stereocenters. The van der Waals surface area contributed by atoms with Gasteiger partial charge in [0.15, 0.2) is 5.78 Å². The predicted octanol–water partition coefficient (Wildman–Crippen LogP) is 3.81. The molecule has 0 bridgehead atoms. The lowest BCUT2D eigenvalue weighted by molar-refractivity contribution is -0.156. The smallest absolute Gasteiger partial charge is 0.329 e. The van der Waals surface area contributed by atoms with Crippen LogP contribution in [0.3, 0.4) is 0 Å². The molecule has 0 radical (unpaired) electrons. The van der Waals surface area contributed by atoms with Gasteiger partial charge in [-0.15, -0.1) is 0 Å². The normalized spacial score (nSPS) is 14.4. The molecule has 1 rings (SSSR count). The van der Waals surface area contributed by atoms with E-state index in [1.54, 1.807) is 32.3 Å². The van der Waals surface area contributed by atoms with Crippen molar-refractivity contribution in [2.75, 3.05) is 14.1 Å². The fraction of sp³-hybridized carbons (Fsp3) is 0.500. The first-order valence-corrected chi connectivity index (χ1v) is 9.54. The second-order valence-electron chi connectivity index (χ2n) is 5.74. The third-order valence-corrected chi connectivity index (χ3v) is 7.51. The van der Waals surface area contributed by atoms with E-state index in [4.69, 9.17) is 0 Å². The fourth-order valence-electron chi connectivity index (χ4n) is 1.84. The van der Waals surface area contributed by atoms with Crippen molar-refractivity contribution in [3.8, 4) is 0 Å². The number of ketones is 1. The van der Waals surface area contributed by atoms with Crippen LogP contribution in [0.5, 0.6) is 0 Å². The Morgan fingerprint density at radius 1 is 1.20 bits per heavy atom. The Morgan fingerprint density at radius 2 is 1.70 bits per heavy atom. The van der Waals surface area contributed by atoms with Crippen molar-refractivity contribution < 1.29 is 18.0 Å². The summed E-state index contributed by atoms with van der Waals surface area (Å²) in [4.78, 5) is 12.2. The zero-order chi connectivity index (χ0) is 15.6. The van der Waals surface area contributed by atoms with E-state index in [0.29, 0.717) is 0 Å². The molecule has 0 spiro atoms. The van der Waals surface area contributed by atoms with Crippen LogP contribution in [0.25, 0.3) is 0 Å². The SMILES string of the molecule is CN(C)[Si](C)(C)CC(C(=O)c1ccccc1)C(F)(F)F. The maximum Gasteiger partial charge on any atom is 0.398 e. The molecule has 20 heavy (non-hydrogen) atoms. The molecule has 0 aromatic heterocycles. The summed E-state index contributed by atoms with van der Waals surface area (Å²) in [6.45, 7) is 3.67. The summed E-state index contributed by atoms with van der Waals surface area (Å²) in [5.41, 5.74) is 0.124. The van der Waals surface area contributed by atoms with Gasteiger partial charge in [-0.05, 0) is 20.1 Å². The van der Waals surface area contributed by atoms with E-state index in [2.05, 4.69) is 0 Å². The average molecular weight is 303 g/mol.